The molecule has 28 heavy (non-hydrogen) atoms. The van der Waals surface area contributed by atoms with Crippen molar-refractivity contribution in [2.45, 2.75) is 26.6 Å². The highest BCUT2D eigenvalue weighted by molar-refractivity contribution is 9.10. The third-order valence-corrected chi connectivity index (χ3v) is 4.81. The van der Waals surface area contributed by atoms with Gasteiger partial charge in [-0.2, -0.15) is 0 Å². The van der Waals surface area contributed by atoms with Crippen LogP contribution < -0.4 is 16.0 Å². The van der Waals surface area contributed by atoms with Gasteiger partial charge in [0.2, 0.25) is 0 Å². The molecule has 0 radical (unpaired) electrons. The summed E-state index contributed by atoms with van der Waals surface area (Å²) in [5, 5.41) is 0. The second-order valence-corrected chi connectivity index (χ2v) is 6.84. The summed E-state index contributed by atoms with van der Waals surface area (Å²) in [4.78, 5) is 21.1. The summed E-state index contributed by atoms with van der Waals surface area (Å²) in [5.41, 5.74) is 6.70. The molecule has 2 heterocycles. The Kier molecular flexibility index (Phi) is 6.15. The van der Waals surface area contributed by atoms with E-state index in [1.54, 1.807) is 25.3 Å². The zero-order valence-electron chi connectivity index (χ0n) is 15.0. The Hall–Kier alpha value is -2.65. The van der Waals surface area contributed by atoms with Crippen molar-refractivity contribution >= 4 is 15.9 Å². The lowest BCUT2D eigenvalue weighted by atomic mass is 10.2. The second kappa shape index (κ2) is 8.57. The molecule has 0 spiro atoms. The summed E-state index contributed by atoms with van der Waals surface area (Å²) in [7, 11) is 0. The van der Waals surface area contributed by atoms with Crippen LogP contribution in [-0.4, -0.2) is 14.5 Å². The van der Waals surface area contributed by atoms with Gasteiger partial charge in [-0.15, -0.1) is 0 Å². The smallest absolute Gasteiger partial charge is 0.269 e. The number of rotatable bonds is 6. The van der Waals surface area contributed by atoms with E-state index in [-0.39, 0.29) is 41.0 Å². The minimum absolute atomic E-state index is 0.140. The SMILES string of the molecule is Cc1cc(OCc2ccc(F)cc2F)c(Br)c(=O)n1Cc1ccnc(CN)n1. The van der Waals surface area contributed by atoms with Crippen LogP contribution in [0.1, 0.15) is 22.8 Å². The molecule has 0 bridgehead atoms. The molecular formula is C19H17BrF2N4O2. The Bertz CT molecular complexity index is 1070. The molecule has 0 aliphatic rings. The zero-order chi connectivity index (χ0) is 20.3. The first-order valence-corrected chi connectivity index (χ1v) is 9.16. The Balaban J connectivity index is 1.84. The number of ether oxygens (including phenoxy) is 1. The third kappa shape index (κ3) is 4.42. The molecule has 0 saturated heterocycles. The molecule has 2 aromatic heterocycles. The maximum absolute atomic E-state index is 13.8. The molecule has 9 heteroatoms. The summed E-state index contributed by atoms with van der Waals surface area (Å²) in [6.45, 7) is 2.06. The van der Waals surface area contributed by atoms with Gasteiger partial charge in [0.25, 0.3) is 5.56 Å². The number of halogens is 3. The highest BCUT2D eigenvalue weighted by Crippen LogP contribution is 2.24. The highest BCUT2D eigenvalue weighted by atomic mass is 79.9. The quantitative estimate of drug-likeness (QED) is 0.623. The van der Waals surface area contributed by atoms with E-state index in [0.29, 0.717) is 17.2 Å². The maximum Gasteiger partial charge on any atom is 0.269 e. The van der Waals surface area contributed by atoms with Gasteiger partial charge < -0.3 is 15.0 Å². The lowest BCUT2D eigenvalue weighted by molar-refractivity contribution is 0.295. The topological polar surface area (TPSA) is 83.0 Å². The van der Waals surface area contributed by atoms with Gasteiger partial charge in [-0.1, -0.05) is 0 Å². The van der Waals surface area contributed by atoms with E-state index < -0.39 is 11.6 Å². The van der Waals surface area contributed by atoms with Crippen LogP contribution in [0.5, 0.6) is 5.75 Å². The second-order valence-electron chi connectivity index (χ2n) is 6.05. The number of pyridine rings is 1. The van der Waals surface area contributed by atoms with Crippen LogP contribution in [0.2, 0.25) is 0 Å². The first-order chi connectivity index (χ1) is 13.4. The number of benzene rings is 1. The first-order valence-electron chi connectivity index (χ1n) is 8.36. The normalized spacial score (nSPS) is 10.9. The average Bonchev–Trinajstić information content (AvgIpc) is 2.68. The van der Waals surface area contributed by atoms with E-state index in [2.05, 4.69) is 25.9 Å². The molecule has 3 aromatic rings. The summed E-state index contributed by atoms with van der Waals surface area (Å²) in [6, 6.07) is 6.61. The predicted octanol–water partition coefficient (Wildman–Crippen LogP) is 3.07. The number of nitrogens with zero attached hydrogens (tertiary/aromatic N) is 3. The van der Waals surface area contributed by atoms with Crippen molar-refractivity contribution in [2.24, 2.45) is 5.73 Å². The van der Waals surface area contributed by atoms with E-state index in [4.69, 9.17) is 10.5 Å². The molecule has 0 aliphatic carbocycles. The van der Waals surface area contributed by atoms with Gasteiger partial charge in [-0.25, -0.2) is 18.7 Å². The summed E-state index contributed by atoms with van der Waals surface area (Å²) in [5.74, 6) is -0.611. The molecule has 0 unspecified atom stereocenters. The monoisotopic (exact) mass is 450 g/mol. The molecule has 3 rings (SSSR count). The Morgan fingerprint density at radius 1 is 1.25 bits per heavy atom. The van der Waals surface area contributed by atoms with Gasteiger partial charge in [0.15, 0.2) is 0 Å². The van der Waals surface area contributed by atoms with Gasteiger partial charge in [0.1, 0.15) is 34.3 Å². The fourth-order valence-electron chi connectivity index (χ4n) is 2.60. The Morgan fingerprint density at radius 2 is 2.04 bits per heavy atom. The van der Waals surface area contributed by atoms with Gasteiger partial charge >= 0.3 is 0 Å². The minimum atomic E-state index is -0.708. The number of hydrogen-bond donors (Lipinski definition) is 1. The average molecular weight is 451 g/mol. The summed E-state index contributed by atoms with van der Waals surface area (Å²) >= 11 is 3.25. The molecule has 0 amide bonds. The van der Waals surface area contributed by atoms with Crippen LogP contribution in [0, 0.1) is 18.6 Å². The van der Waals surface area contributed by atoms with Crippen molar-refractivity contribution in [1.82, 2.24) is 14.5 Å². The van der Waals surface area contributed by atoms with Crippen LogP contribution in [0.15, 0.2) is 45.8 Å². The van der Waals surface area contributed by atoms with Crippen molar-refractivity contribution in [1.29, 1.82) is 0 Å². The number of hydrogen-bond acceptors (Lipinski definition) is 5. The standard InChI is InChI=1S/C19H17BrF2N4O2/c1-11-6-16(28-10-12-2-3-13(21)7-15(12)22)18(20)19(27)26(11)9-14-4-5-24-17(8-23)25-14/h2-7H,8-10,23H2,1H3. The highest BCUT2D eigenvalue weighted by Gasteiger charge is 2.14. The van der Waals surface area contributed by atoms with Crippen molar-refractivity contribution < 1.29 is 13.5 Å². The zero-order valence-corrected chi connectivity index (χ0v) is 16.5. The Morgan fingerprint density at radius 3 is 2.75 bits per heavy atom. The van der Waals surface area contributed by atoms with E-state index in [1.165, 1.54) is 10.6 Å². The number of aromatic nitrogens is 3. The molecule has 0 saturated carbocycles. The van der Waals surface area contributed by atoms with E-state index >= 15 is 0 Å². The molecule has 6 nitrogen and oxygen atoms in total. The molecule has 1 aromatic carbocycles. The van der Waals surface area contributed by atoms with E-state index in [1.807, 2.05) is 0 Å². The summed E-state index contributed by atoms with van der Waals surface area (Å²) < 4.78 is 34.1. The molecule has 2 N–H and O–H groups in total. The van der Waals surface area contributed by atoms with Crippen molar-refractivity contribution in [3.05, 3.63) is 85.8 Å². The summed E-state index contributed by atoms with van der Waals surface area (Å²) in [6.07, 6.45) is 1.59. The first kappa shape index (κ1) is 20.1. The van der Waals surface area contributed by atoms with Crippen molar-refractivity contribution in [3.63, 3.8) is 0 Å². The van der Waals surface area contributed by atoms with Crippen LogP contribution >= 0.6 is 15.9 Å². The Labute approximate surface area is 168 Å². The van der Waals surface area contributed by atoms with Crippen LogP contribution in [0.3, 0.4) is 0 Å². The maximum atomic E-state index is 13.8. The van der Waals surface area contributed by atoms with Crippen LogP contribution in [0.4, 0.5) is 8.78 Å². The van der Waals surface area contributed by atoms with E-state index in [0.717, 1.165) is 12.1 Å². The third-order valence-electron chi connectivity index (χ3n) is 4.08. The molecule has 0 fully saturated rings. The van der Waals surface area contributed by atoms with Gasteiger partial charge in [-0.05, 0) is 41.1 Å². The fourth-order valence-corrected chi connectivity index (χ4v) is 3.04. The lowest BCUT2D eigenvalue weighted by Crippen LogP contribution is -2.25. The molecule has 0 atom stereocenters. The molecule has 0 aliphatic heterocycles. The minimum Gasteiger partial charge on any atom is -0.487 e. The van der Waals surface area contributed by atoms with Crippen LogP contribution in [0.25, 0.3) is 0 Å². The van der Waals surface area contributed by atoms with Gasteiger partial charge in [0.05, 0.1) is 18.8 Å². The fraction of sp³-hybridized carbons (Fsp3) is 0.211. The van der Waals surface area contributed by atoms with Crippen LogP contribution in [-0.2, 0) is 19.7 Å². The van der Waals surface area contributed by atoms with Crippen molar-refractivity contribution in [2.75, 3.05) is 0 Å². The number of nitrogens with two attached hydrogens (primary N) is 1. The molecular weight excluding hydrogens is 434 g/mol. The van der Waals surface area contributed by atoms with Gasteiger partial charge in [0, 0.05) is 29.6 Å². The van der Waals surface area contributed by atoms with Gasteiger partial charge in [-0.3, -0.25) is 4.79 Å². The molecule has 146 valence electrons. The largest absolute Gasteiger partial charge is 0.487 e. The lowest BCUT2D eigenvalue weighted by Gasteiger charge is -2.15. The number of aryl methyl sites for hydroxylation is 1. The van der Waals surface area contributed by atoms with E-state index in [9.17, 15) is 13.6 Å². The predicted molar refractivity (Wildman–Crippen MR) is 103 cm³/mol. The van der Waals surface area contributed by atoms with Crippen molar-refractivity contribution in [3.8, 4) is 5.75 Å².